The number of amides is 1. The number of unbranched alkanes of at least 4 members (excludes halogenated alkanes) is 2. The molecule has 1 fully saturated rings. The third-order valence-electron chi connectivity index (χ3n) is 4.81. The quantitative estimate of drug-likeness (QED) is 0.592. The summed E-state index contributed by atoms with van der Waals surface area (Å²) in [5, 5.41) is 2.91. The Hall–Kier alpha value is -1.95. The lowest BCUT2D eigenvalue weighted by Crippen LogP contribution is -2.45. The van der Waals surface area contributed by atoms with Gasteiger partial charge in [0, 0.05) is 12.0 Å². The zero-order chi connectivity index (χ0) is 18.8. The largest absolute Gasteiger partial charge is 0.486 e. The number of halogens is 1. The molecule has 1 aromatic rings. The van der Waals surface area contributed by atoms with Gasteiger partial charge >= 0.3 is 0 Å². The highest BCUT2D eigenvalue weighted by Crippen LogP contribution is 2.25. The van der Waals surface area contributed by atoms with Crippen molar-refractivity contribution in [1.82, 2.24) is 5.32 Å². The molecule has 2 rings (SSSR count). The Morgan fingerprint density at radius 1 is 1.23 bits per heavy atom. The van der Waals surface area contributed by atoms with Gasteiger partial charge in [0.1, 0.15) is 18.2 Å². The molecule has 1 amide bonds. The van der Waals surface area contributed by atoms with Crippen LogP contribution < -0.4 is 15.8 Å². The highest BCUT2D eigenvalue weighted by Gasteiger charge is 2.27. The number of ether oxygens (including phenoxy) is 1. The maximum atomic E-state index is 13.2. The van der Waals surface area contributed by atoms with Crippen LogP contribution in [-0.2, 0) is 9.59 Å². The van der Waals surface area contributed by atoms with Crippen LogP contribution in [0.1, 0.15) is 51.4 Å². The van der Waals surface area contributed by atoms with Crippen molar-refractivity contribution in [1.29, 1.82) is 0 Å². The SMILES string of the molecule is NCCCCC[C@H](NC(=O)C1CCCC1)C(=O)COc1cccc(F)c1. The highest BCUT2D eigenvalue weighted by molar-refractivity contribution is 5.90. The van der Waals surface area contributed by atoms with Gasteiger partial charge in [0.25, 0.3) is 0 Å². The van der Waals surface area contributed by atoms with Crippen LogP contribution in [0.15, 0.2) is 24.3 Å². The summed E-state index contributed by atoms with van der Waals surface area (Å²) in [5.74, 6) is -0.317. The van der Waals surface area contributed by atoms with Gasteiger partial charge in [0.2, 0.25) is 5.91 Å². The molecule has 1 atom stereocenters. The molecule has 0 bridgehead atoms. The lowest BCUT2D eigenvalue weighted by atomic mass is 10.0. The number of carbonyl (C=O) groups excluding carboxylic acids is 2. The molecule has 0 radical (unpaired) electrons. The molecule has 0 saturated heterocycles. The number of hydrogen-bond acceptors (Lipinski definition) is 4. The highest BCUT2D eigenvalue weighted by atomic mass is 19.1. The number of benzene rings is 1. The summed E-state index contributed by atoms with van der Waals surface area (Å²) in [7, 11) is 0. The van der Waals surface area contributed by atoms with E-state index in [2.05, 4.69) is 5.32 Å². The molecule has 1 aliphatic carbocycles. The molecule has 0 spiro atoms. The van der Waals surface area contributed by atoms with Gasteiger partial charge in [0.05, 0.1) is 6.04 Å². The Kier molecular flexibility index (Phi) is 8.54. The molecule has 3 N–H and O–H groups in total. The van der Waals surface area contributed by atoms with Crippen molar-refractivity contribution in [3.63, 3.8) is 0 Å². The van der Waals surface area contributed by atoms with Gasteiger partial charge in [-0.3, -0.25) is 9.59 Å². The van der Waals surface area contributed by atoms with Gasteiger partial charge in [-0.2, -0.15) is 0 Å². The fourth-order valence-corrected chi connectivity index (χ4v) is 3.27. The maximum Gasteiger partial charge on any atom is 0.223 e. The zero-order valence-electron chi connectivity index (χ0n) is 15.2. The zero-order valence-corrected chi connectivity index (χ0v) is 15.2. The first-order valence-electron chi connectivity index (χ1n) is 9.51. The van der Waals surface area contributed by atoms with E-state index in [9.17, 15) is 14.0 Å². The Balaban J connectivity index is 1.89. The van der Waals surface area contributed by atoms with E-state index in [0.29, 0.717) is 18.7 Å². The van der Waals surface area contributed by atoms with Crippen LogP contribution >= 0.6 is 0 Å². The van der Waals surface area contributed by atoms with E-state index in [0.717, 1.165) is 44.9 Å². The number of nitrogens with two attached hydrogens (primary N) is 1. The first kappa shape index (κ1) is 20.4. The van der Waals surface area contributed by atoms with Crippen molar-refractivity contribution in [3.05, 3.63) is 30.1 Å². The molecule has 0 aromatic heterocycles. The summed E-state index contributed by atoms with van der Waals surface area (Å²) < 4.78 is 18.6. The lowest BCUT2D eigenvalue weighted by molar-refractivity contribution is -0.131. The van der Waals surface area contributed by atoms with Crippen molar-refractivity contribution < 1.29 is 18.7 Å². The molecule has 1 aromatic carbocycles. The Labute approximate surface area is 154 Å². The summed E-state index contributed by atoms with van der Waals surface area (Å²) in [6, 6.07) is 5.12. The molecular formula is C20H29FN2O3. The lowest BCUT2D eigenvalue weighted by Gasteiger charge is -2.20. The number of nitrogens with one attached hydrogen (secondary N) is 1. The Morgan fingerprint density at radius 3 is 2.69 bits per heavy atom. The second-order valence-electron chi connectivity index (χ2n) is 6.89. The average molecular weight is 364 g/mol. The van der Waals surface area contributed by atoms with E-state index >= 15 is 0 Å². The van der Waals surface area contributed by atoms with Crippen molar-refractivity contribution in [2.45, 2.75) is 57.4 Å². The van der Waals surface area contributed by atoms with Crippen molar-refractivity contribution >= 4 is 11.7 Å². The molecule has 0 heterocycles. The average Bonchev–Trinajstić information content (AvgIpc) is 3.17. The van der Waals surface area contributed by atoms with E-state index in [-0.39, 0.29) is 24.2 Å². The Morgan fingerprint density at radius 2 is 2.00 bits per heavy atom. The van der Waals surface area contributed by atoms with Crippen molar-refractivity contribution in [2.75, 3.05) is 13.2 Å². The van der Waals surface area contributed by atoms with Gasteiger partial charge in [-0.15, -0.1) is 0 Å². The molecular weight excluding hydrogens is 335 g/mol. The molecule has 1 saturated carbocycles. The van der Waals surface area contributed by atoms with Crippen molar-refractivity contribution in [3.8, 4) is 5.75 Å². The number of Topliss-reactive ketones (excluding diaryl/α,β-unsaturated/α-hetero) is 1. The monoisotopic (exact) mass is 364 g/mol. The van der Waals surface area contributed by atoms with E-state index in [4.69, 9.17) is 10.5 Å². The summed E-state index contributed by atoms with van der Waals surface area (Å²) in [6.07, 6.45) is 7.12. The predicted octanol–water partition coefficient (Wildman–Crippen LogP) is 2.97. The minimum absolute atomic E-state index is 0.0125. The first-order valence-corrected chi connectivity index (χ1v) is 9.51. The van der Waals surface area contributed by atoms with Gasteiger partial charge in [-0.25, -0.2) is 4.39 Å². The van der Waals surface area contributed by atoms with Crippen LogP contribution in [0, 0.1) is 11.7 Å². The molecule has 1 aliphatic rings. The molecule has 26 heavy (non-hydrogen) atoms. The second kappa shape index (κ2) is 10.9. The van der Waals surface area contributed by atoms with E-state index in [1.54, 1.807) is 6.07 Å². The maximum absolute atomic E-state index is 13.2. The minimum atomic E-state index is -0.561. The molecule has 0 aliphatic heterocycles. The van der Waals surface area contributed by atoms with Crippen molar-refractivity contribution in [2.24, 2.45) is 11.7 Å². The topological polar surface area (TPSA) is 81.4 Å². The smallest absolute Gasteiger partial charge is 0.223 e. The minimum Gasteiger partial charge on any atom is -0.486 e. The summed E-state index contributed by atoms with van der Waals surface area (Å²) >= 11 is 0. The van der Waals surface area contributed by atoms with Gasteiger partial charge < -0.3 is 15.8 Å². The number of carbonyl (C=O) groups is 2. The second-order valence-corrected chi connectivity index (χ2v) is 6.89. The Bertz CT molecular complexity index is 588. The van der Waals surface area contributed by atoms with Crippen LogP contribution in [0.25, 0.3) is 0 Å². The fraction of sp³-hybridized carbons (Fsp3) is 0.600. The first-order chi connectivity index (χ1) is 12.6. The number of rotatable bonds is 11. The summed E-state index contributed by atoms with van der Waals surface area (Å²) in [5.41, 5.74) is 5.51. The summed E-state index contributed by atoms with van der Waals surface area (Å²) in [4.78, 5) is 25.0. The van der Waals surface area contributed by atoms with E-state index < -0.39 is 11.9 Å². The van der Waals surface area contributed by atoms with E-state index in [1.807, 2.05) is 0 Å². The normalized spacial score (nSPS) is 15.6. The van der Waals surface area contributed by atoms with Gasteiger partial charge in [-0.05, 0) is 44.4 Å². The predicted molar refractivity (Wildman–Crippen MR) is 98.3 cm³/mol. The molecule has 144 valence electrons. The molecule has 6 heteroatoms. The van der Waals surface area contributed by atoms with E-state index in [1.165, 1.54) is 18.2 Å². The van der Waals surface area contributed by atoms with Gasteiger partial charge in [-0.1, -0.05) is 31.7 Å². The molecule has 0 unspecified atom stereocenters. The van der Waals surface area contributed by atoms with Crippen LogP contribution in [0.5, 0.6) is 5.75 Å². The van der Waals surface area contributed by atoms with Crippen LogP contribution in [0.3, 0.4) is 0 Å². The van der Waals surface area contributed by atoms with Gasteiger partial charge in [0.15, 0.2) is 5.78 Å². The van der Waals surface area contributed by atoms with Crippen LogP contribution in [0.2, 0.25) is 0 Å². The van der Waals surface area contributed by atoms with Crippen LogP contribution in [-0.4, -0.2) is 30.9 Å². The fourth-order valence-electron chi connectivity index (χ4n) is 3.27. The third kappa shape index (κ3) is 6.75. The standard InChI is InChI=1S/C20H29FN2O3/c21-16-9-6-10-17(13-16)26-14-19(24)18(11-2-1-5-12-22)23-20(25)15-7-3-4-8-15/h6,9-10,13,15,18H,1-5,7-8,11-12,14,22H2,(H,23,25)/t18-/m0/s1. The molecule has 5 nitrogen and oxygen atoms in total. The third-order valence-corrected chi connectivity index (χ3v) is 4.81. The number of ketones is 1. The summed E-state index contributed by atoms with van der Waals surface area (Å²) in [6.45, 7) is 0.436. The van der Waals surface area contributed by atoms with Crippen LogP contribution in [0.4, 0.5) is 4.39 Å². The number of hydrogen-bond donors (Lipinski definition) is 2.